The minimum Gasteiger partial charge on any atom is -0.391 e. The summed E-state index contributed by atoms with van der Waals surface area (Å²) in [5.41, 5.74) is 0.491. The van der Waals surface area contributed by atoms with Gasteiger partial charge in [-0.25, -0.2) is 0 Å². The average molecular weight is 238 g/mol. The molecule has 4 aliphatic rings. The Morgan fingerprint density at radius 1 is 1.12 bits per heavy atom. The van der Waals surface area contributed by atoms with Crippen molar-refractivity contribution in [3.8, 4) is 0 Å². The highest BCUT2D eigenvalue weighted by molar-refractivity contribution is 5.01. The standard InChI is InChI=1S/C15H26O2/c1-2-17-10-14(16)9-15-6-11-3-12(7-15)5-13(4-11)8-15/h11-14,16H,2-10H2,1H3. The van der Waals surface area contributed by atoms with Crippen molar-refractivity contribution in [1.29, 1.82) is 0 Å². The molecule has 4 aliphatic carbocycles. The number of rotatable bonds is 5. The maximum atomic E-state index is 10.1. The Balaban J connectivity index is 1.62. The average Bonchev–Trinajstić information content (AvgIpc) is 2.23. The molecule has 1 atom stereocenters. The zero-order valence-corrected chi connectivity index (χ0v) is 11.0. The molecule has 1 unspecified atom stereocenters. The van der Waals surface area contributed by atoms with E-state index in [-0.39, 0.29) is 6.10 Å². The van der Waals surface area contributed by atoms with Gasteiger partial charge < -0.3 is 9.84 Å². The van der Waals surface area contributed by atoms with Crippen molar-refractivity contribution in [2.24, 2.45) is 23.2 Å². The molecular formula is C15H26O2. The highest BCUT2D eigenvalue weighted by Gasteiger charge is 2.51. The lowest BCUT2D eigenvalue weighted by Crippen LogP contribution is -2.47. The van der Waals surface area contributed by atoms with Gasteiger partial charge in [-0.3, -0.25) is 0 Å². The van der Waals surface area contributed by atoms with Crippen LogP contribution in [0.1, 0.15) is 51.9 Å². The van der Waals surface area contributed by atoms with Crippen LogP contribution in [0.2, 0.25) is 0 Å². The van der Waals surface area contributed by atoms with Crippen LogP contribution >= 0.6 is 0 Å². The smallest absolute Gasteiger partial charge is 0.0779 e. The van der Waals surface area contributed by atoms with Crippen LogP contribution < -0.4 is 0 Å². The molecule has 0 amide bonds. The zero-order chi connectivity index (χ0) is 11.9. The van der Waals surface area contributed by atoms with E-state index in [9.17, 15) is 5.11 Å². The van der Waals surface area contributed by atoms with Gasteiger partial charge in [0.25, 0.3) is 0 Å². The first-order valence-electron chi connectivity index (χ1n) is 7.45. The Morgan fingerprint density at radius 3 is 2.12 bits per heavy atom. The third kappa shape index (κ3) is 2.39. The fourth-order valence-corrected chi connectivity index (χ4v) is 5.35. The van der Waals surface area contributed by atoms with E-state index in [1.165, 1.54) is 38.5 Å². The summed E-state index contributed by atoms with van der Waals surface area (Å²) in [6.45, 7) is 3.26. The van der Waals surface area contributed by atoms with Gasteiger partial charge in [0.1, 0.15) is 0 Å². The van der Waals surface area contributed by atoms with Gasteiger partial charge in [-0.15, -0.1) is 0 Å². The Hall–Kier alpha value is -0.0800. The van der Waals surface area contributed by atoms with Gasteiger partial charge in [0.2, 0.25) is 0 Å². The summed E-state index contributed by atoms with van der Waals surface area (Å²) in [6, 6.07) is 0. The molecule has 0 aromatic heterocycles. The summed E-state index contributed by atoms with van der Waals surface area (Å²) >= 11 is 0. The highest BCUT2D eigenvalue weighted by atomic mass is 16.5. The van der Waals surface area contributed by atoms with Crippen LogP contribution in [0.4, 0.5) is 0 Å². The molecule has 0 aromatic carbocycles. The molecule has 4 fully saturated rings. The summed E-state index contributed by atoms with van der Waals surface area (Å²) < 4.78 is 5.36. The van der Waals surface area contributed by atoms with Crippen molar-refractivity contribution in [2.75, 3.05) is 13.2 Å². The highest BCUT2D eigenvalue weighted by Crippen LogP contribution is 2.61. The van der Waals surface area contributed by atoms with Gasteiger partial charge in [-0.1, -0.05) is 0 Å². The molecule has 98 valence electrons. The Kier molecular flexibility index (Phi) is 3.20. The number of hydrogen-bond donors (Lipinski definition) is 1. The van der Waals surface area contributed by atoms with Gasteiger partial charge in [0.05, 0.1) is 12.7 Å². The quantitative estimate of drug-likeness (QED) is 0.798. The lowest BCUT2D eigenvalue weighted by atomic mass is 9.48. The van der Waals surface area contributed by atoms with Crippen LogP contribution in [-0.2, 0) is 4.74 Å². The number of hydrogen-bond acceptors (Lipinski definition) is 2. The SMILES string of the molecule is CCOCC(O)CC12CC3CC(CC(C3)C1)C2. The van der Waals surface area contributed by atoms with Gasteiger partial charge >= 0.3 is 0 Å². The van der Waals surface area contributed by atoms with Gasteiger partial charge in [0.15, 0.2) is 0 Å². The molecule has 4 rings (SSSR count). The van der Waals surface area contributed by atoms with Crippen molar-refractivity contribution in [2.45, 2.75) is 58.0 Å². The van der Waals surface area contributed by atoms with E-state index in [1.807, 2.05) is 6.92 Å². The molecule has 2 nitrogen and oxygen atoms in total. The van der Waals surface area contributed by atoms with Crippen molar-refractivity contribution in [3.05, 3.63) is 0 Å². The molecule has 4 bridgehead atoms. The Bertz CT molecular complexity index is 239. The second-order valence-electron chi connectivity index (χ2n) is 6.93. The van der Waals surface area contributed by atoms with Crippen LogP contribution in [0, 0.1) is 23.2 Å². The number of aliphatic hydroxyl groups is 1. The predicted molar refractivity (Wildman–Crippen MR) is 67.7 cm³/mol. The van der Waals surface area contributed by atoms with E-state index in [2.05, 4.69) is 0 Å². The fourth-order valence-electron chi connectivity index (χ4n) is 5.35. The van der Waals surface area contributed by atoms with Gasteiger partial charge in [0, 0.05) is 6.61 Å². The fraction of sp³-hybridized carbons (Fsp3) is 1.00. The van der Waals surface area contributed by atoms with Gasteiger partial charge in [-0.2, -0.15) is 0 Å². The van der Waals surface area contributed by atoms with Crippen molar-refractivity contribution in [3.63, 3.8) is 0 Å². The van der Waals surface area contributed by atoms with E-state index < -0.39 is 0 Å². The van der Waals surface area contributed by atoms with Crippen LogP contribution in [0.25, 0.3) is 0 Å². The van der Waals surface area contributed by atoms with Crippen molar-refractivity contribution < 1.29 is 9.84 Å². The molecule has 0 aromatic rings. The molecule has 0 saturated heterocycles. The summed E-state index contributed by atoms with van der Waals surface area (Å²) in [6.07, 6.45) is 9.40. The van der Waals surface area contributed by atoms with Crippen molar-refractivity contribution >= 4 is 0 Å². The monoisotopic (exact) mass is 238 g/mol. The lowest BCUT2D eigenvalue weighted by molar-refractivity contribution is -0.0857. The molecule has 1 N–H and O–H groups in total. The molecule has 2 heteroatoms. The Morgan fingerprint density at radius 2 is 1.65 bits per heavy atom. The maximum absolute atomic E-state index is 10.1. The number of aliphatic hydroxyl groups excluding tert-OH is 1. The minimum atomic E-state index is -0.230. The minimum absolute atomic E-state index is 0.230. The predicted octanol–water partition coefficient (Wildman–Crippen LogP) is 2.99. The summed E-state index contributed by atoms with van der Waals surface area (Å²) in [5, 5.41) is 10.1. The second-order valence-corrected chi connectivity index (χ2v) is 6.93. The van der Waals surface area contributed by atoms with E-state index >= 15 is 0 Å². The molecule has 0 spiro atoms. The van der Waals surface area contributed by atoms with E-state index in [4.69, 9.17) is 4.74 Å². The zero-order valence-electron chi connectivity index (χ0n) is 11.0. The third-order valence-electron chi connectivity index (χ3n) is 5.35. The number of ether oxygens (including phenoxy) is 1. The van der Waals surface area contributed by atoms with Crippen LogP contribution in [0.3, 0.4) is 0 Å². The molecule has 0 aliphatic heterocycles. The maximum Gasteiger partial charge on any atom is 0.0779 e. The molecular weight excluding hydrogens is 212 g/mol. The topological polar surface area (TPSA) is 29.5 Å². The molecule has 4 saturated carbocycles. The van der Waals surface area contributed by atoms with E-state index in [0.29, 0.717) is 12.0 Å². The summed E-state index contributed by atoms with van der Waals surface area (Å²) in [5.74, 6) is 2.96. The van der Waals surface area contributed by atoms with Crippen molar-refractivity contribution in [1.82, 2.24) is 0 Å². The van der Waals surface area contributed by atoms with E-state index in [0.717, 1.165) is 30.8 Å². The Labute approximate surface area is 105 Å². The van der Waals surface area contributed by atoms with Crippen LogP contribution in [0.5, 0.6) is 0 Å². The second kappa shape index (κ2) is 4.55. The third-order valence-corrected chi connectivity index (χ3v) is 5.35. The summed E-state index contributed by atoms with van der Waals surface area (Å²) in [7, 11) is 0. The van der Waals surface area contributed by atoms with Crippen LogP contribution in [0.15, 0.2) is 0 Å². The van der Waals surface area contributed by atoms with Crippen LogP contribution in [-0.4, -0.2) is 24.4 Å². The normalized spacial score (nSPS) is 45.2. The molecule has 0 heterocycles. The molecule has 0 radical (unpaired) electrons. The first-order valence-corrected chi connectivity index (χ1v) is 7.45. The van der Waals surface area contributed by atoms with Gasteiger partial charge in [-0.05, 0) is 75.0 Å². The summed E-state index contributed by atoms with van der Waals surface area (Å²) in [4.78, 5) is 0. The molecule has 17 heavy (non-hydrogen) atoms. The lowest BCUT2D eigenvalue weighted by Gasteiger charge is -2.57. The van der Waals surface area contributed by atoms with E-state index in [1.54, 1.807) is 0 Å². The first-order chi connectivity index (χ1) is 8.19. The first kappa shape index (κ1) is 12.0. The largest absolute Gasteiger partial charge is 0.391 e.